The van der Waals surface area contributed by atoms with Crippen LogP contribution in [0.5, 0.6) is 0 Å². The van der Waals surface area contributed by atoms with Crippen LogP contribution in [-0.4, -0.2) is 55.2 Å². The molecule has 1 aromatic heterocycles. The maximum atomic E-state index is 12.0. The molecule has 2 aliphatic heterocycles. The highest BCUT2D eigenvalue weighted by Crippen LogP contribution is 2.35. The number of hydrogen-bond donors (Lipinski definition) is 3. The average Bonchev–Trinajstić information content (AvgIpc) is 3.29. The van der Waals surface area contributed by atoms with E-state index in [1.54, 1.807) is 0 Å². The Kier molecular flexibility index (Phi) is 6.55. The first-order valence-electron chi connectivity index (χ1n) is 13.2. The van der Waals surface area contributed by atoms with E-state index in [1.165, 1.54) is 27.6 Å². The van der Waals surface area contributed by atoms with Gasteiger partial charge in [0, 0.05) is 42.5 Å². The van der Waals surface area contributed by atoms with Crippen molar-refractivity contribution in [3.63, 3.8) is 0 Å². The van der Waals surface area contributed by atoms with Crippen molar-refractivity contribution in [3.8, 4) is 11.1 Å². The molecule has 1 amide bonds. The van der Waals surface area contributed by atoms with Crippen LogP contribution in [0.25, 0.3) is 38.5 Å². The van der Waals surface area contributed by atoms with Gasteiger partial charge >= 0.3 is 0 Å². The maximum absolute atomic E-state index is 12.0. The summed E-state index contributed by atoms with van der Waals surface area (Å²) in [5.74, 6) is -0.324. The van der Waals surface area contributed by atoms with Crippen LogP contribution in [0, 0.1) is 6.92 Å². The molecule has 0 radical (unpaired) electrons. The Bertz CT molecular complexity index is 1510. The van der Waals surface area contributed by atoms with E-state index in [1.807, 2.05) is 0 Å². The number of nitrogens with two attached hydrogens (primary N) is 1. The minimum absolute atomic E-state index is 0.203. The van der Waals surface area contributed by atoms with Crippen molar-refractivity contribution in [1.82, 2.24) is 15.2 Å². The number of nitrogens with one attached hydrogen (secondary N) is 2. The molecule has 6 heteroatoms. The second-order valence-electron chi connectivity index (χ2n) is 10.3. The van der Waals surface area contributed by atoms with Crippen LogP contribution >= 0.6 is 0 Å². The number of nitrogens with zero attached hydrogens (tertiary/aromatic N) is 1. The number of morpholine rings is 1. The number of aromatic amines is 1. The molecule has 2 aliphatic rings. The summed E-state index contributed by atoms with van der Waals surface area (Å²) in [5.41, 5.74) is 16.2. The summed E-state index contributed by atoms with van der Waals surface area (Å²) < 4.78 is 5.50. The van der Waals surface area contributed by atoms with Gasteiger partial charge in [0.25, 0.3) is 0 Å². The molecule has 0 unspecified atom stereocenters. The fourth-order valence-corrected chi connectivity index (χ4v) is 5.71. The number of aryl methyl sites for hydroxylation is 1. The number of carbonyl (C=O) groups excluding carboxylic acids is 1. The summed E-state index contributed by atoms with van der Waals surface area (Å²) >= 11 is 0. The Morgan fingerprint density at radius 2 is 1.81 bits per heavy atom. The SMILES string of the molecule is Cc1cc(-c2cc(CC(N)=O)c3[nH]c4cc(C5=CCNCC5)ccc4c3c2)ccc1CN1CCOCC1. The second kappa shape index (κ2) is 10.1. The number of ether oxygens (including phenoxy) is 1. The van der Waals surface area contributed by atoms with E-state index in [2.05, 4.69) is 76.7 Å². The van der Waals surface area contributed by atoms with Crippen LogP contribution in [-0.2, 0) is 22.5 Å². The standard InChI is InChI=1S/C31H34N4O2/c1-20-14-22(2-3-24(20)19-35-10-12-37-13-11-35)25-15-26(18-30(32)36)31-28(16-25)27-5-4-23(17-29(27)34-31)21-6-8-33-9-7-21/h2-6,14-17,33-34H,7-13,18-19H2,1H3,(H2,32,36). The first-order valence-corrected chi connectivity index (χ1v) is 13.2. The van der Waals surface area contributed by atoms with Gasteiger partial charge in [-0.1, -0.05) is 36.4 Å². The van der Waals surface area contributed by atoms with Gasteiger partial charge in [0.05, 0.1) is 25.2 Å². The zero-order valence-electron chi connectivity index (χ0n) is 21.4. The third kappa shape index (κ3) is 4.92. The highest BCUT2D eigenvalue weighted by molar-refractivity contribution is 6.10. The molecule has 6 nitrogen and oxygen atoms in total. The van der Waals surface area contributed by atoms with Gasteiger partial charge in [0.15, 0.2) is 0 Å². The second-order valence-corrected chi connectivity index (χ2v) is 10.3. The van der Waals surface area contributed by atoms with Gasteiger partial charge in [-0.05, 0) is 77.0 Å². The molecule has 3 heterocycles. The molecule has 0 saturated carbocycles. The molecule has 4 N–H and O–H groups in total. The van der Waals surface area contributed by atoms with Crippen LogP contribution in [0.2, 0.25) is 0 Å². The van der Waals surface area contributed by atoms with E-state index in [0.29, 0.717) is 0 Å². The van der Waals surface area contributed by atoms with Crippen LogP contribution in [0.4, 0.5) is 0 Å². The molecule has 190 valence electrons. The van der Waals surface area contributed by atoms with Crippen molar-refractivity contribution in [2.24, 2.45) is 5.73 Å². The van der Waals surface area contributed by atoms with Crippen molar-refractivity contribution in [3.05, 3.63) is 76.9 Å². The number of primary amides is 1. The van der Waals surface area contributed by atoms with E-state index in [0.717, 1.165) is 85.5 Å². The topological polar surface area (TPSA) is 83.4 Å². The predicted molar refractivity (Wildman–Crippen MR) is 150 cm³/mol. The summed E-state index contributed by atoms with van der Waals surface area (Å²) in [6.07, 6.45) is 3.51. The number of fused-ring (bicyclic) bond motifs is 3. The predicted octanol–water partition coefficient (Wildman–Crippen LogP) is 4.53. The van der Waals surface area contributed by atoms with E-state index < -0.39 is 0 Å². The summed E-state index contributed by atoms with van der Waals surface area (Å²) in [6.45, 7) is 8.62. The quantitative estimate of drug-likeness (QED) is 0.368. The summed E-state index contributed by atoms with van der Waals surface area (Å²) in [6, 6.07) is 17.7. The zero-order valence-corrected chi connectivity index (χ0v) is 21.4. The number of amides is 1. The molecule has 0 bridgehead atoms. The normalized spacial score (nSPS) is 16.8. The lowest BCUT2D eigenvalue weighted by Gasteiger charge is -2.27. The molecule has 0 aliphatic carbocycles. The van der Waals surface area contributed by atoms with E-state index in [-0.39, 0.29) is 12.3 Å². The molecular formula is C31H34N4O2. The van der Waals surface area contributed by atoms with E-state index in [9.17, 15) is 4.79 Å². The summed E-state index contributed by atoms with van der Waals surface area (Å²) in [7, 11) is 0. The van der Waals surface area contributed by atoms with E-state index in [4.69, 9.17) is 10.5 Å². The van der Waals surface area contributed by atoms with Crippen LogP contribution in [0.1, 0.15) is 28.7 Å². The number of H-pyrrole nitrogens is 1. The maximum Gasteiger partial charge on any atom is 0.221 e. The largest absolute Gasteiger partial charge is 0.379 e. The summed E-state index contributed by atoms with van der Waals surface area (Å²) in [4.78, 5) is 18.1. The minimum Gasteiger partial charge on any atom is -0.379 e. The number of hydrogen-bond acceptors (Lipinski definition) is 4. The number of aromatic nitrogens is 1. The molecule has 3 aromatic carbocycles. The lowest BCUT2D eigenvalue weighted by Crippen LogP contribution is -2.35. The van der Waals surface area contributed by atoms with Crippen molar-refractivity contribution >= 4 is 33.3 Å². The van der Waals surface area contributed by atoms with Crippen molar-refractivity contribution in [1.29, 1.82) is 0 Å². The van der Waals surface area contributed by atoms with Gasteiger partial charge in [-0.15, -0.1) is 0 Å². The highest BCUT2D eigenvalue weighted by atomic mass is 16.5. The molecule has 4 aromatic rings. The van der Waals surface area contributed by atoms with Gasteiger partial charge in [0.2, 0.25) is 5.91 Å². The summed E-state index contributed by atoms with van der Waals surface area (Å²) in [5, 5.41) is 5.68. The minimum atomic E-state index is -0.324. The average molecular weight is 495 g/mol. The first-order chi connectivity index (χ1) is 18.0. The lowest BCUT2D eigenvalue weighted by molar-refractivity contribution is -0.117. The molecular weight excluding hydrogens is 460 g/mol. The third-order valence-electron chi connectivity index (χ3n) is 7.76. The first kappa shape index (κ1) is 23.9. The zero-order chi connectivity index (χ0) is 25.4. The monoisotopic (exact) mass is 494 g/mol. The van der Waals surface area contributed by atoms with Gasteiger partial charge in [-0.3, -0.25) is 9.69 Å². The highest BCUT2D eigenvalue weighted by Gasteiger charge is 2.16. The van der Waals surface area contributed by atoms with Gasteiger partial charge in [-0.2, -0.15) is 0 Å². The lowest BCUT2D eigenvalue weighted by atomic mass is 9.94. The Hall–Kier alpha value is -3.45. The van der Waals surface area contributed by atoms with Gasteiger partial charge in [0.1, 0.15) is 0 Å². The van der Waals surface area contributed by atoms with Gasteiger partial charge < -0.3 is 20.8 Å². The van der Waals surface area contributed by atoms with Crippen LogP contribution in [0.3, 0.4) is 0 Å². The Labute approximate surface area is 217 Å². The number of carbonyl (C=O) groups is 1. The molecule has 37 heavy (non-hydrogen) atoms. The Balaban J connectivity index is 1.40. The fraction of sp³-hybridized carbons (Fsp3) is 0.323. The van der Waals surface area contributed by atoms with E-state index >= 15 is 0 Å². The molecule has 0 atom stereocenters. The smallest absolute Gasteiger partial charge is 0.221 e. The molecule has 0 spiro atoms. The van der Waals surface area contributed by atoms with Crippen LogP contribution in [0.15, 0.2) is 54.6 Å². The van der Waals surface area contributed by atoms with Gasteiger partial charge in [-0.25, -0.2) is 0 Å². The Morgan fingerprint density at radius 1 is 0.973 bits per heavy atom. The molecule has 1 saturated heterocycles. The molecule has 6 rings (SSSR count). The van der Waals surface area contributed by atoms with Crippen LogP contribution < -0.4 is 11.1 Å². The number of benzene rings is 3. The third-order valence-corrected chi connectivity index (χ3v) is 7.76. The fourth-order valence-electron chi connectivity index (χ4n) is 5.71. The van der Waals surface area contributed by atoms with Crippen molar-refractivity contribution in [2.75, 3.05) is 39.4 Å². The van der Waals surface area contributed by atoms with Crippen molar-refractivity contribution < 1.29 is 9.53 Å². The van der Waals surface area contributed by atoms with Crippen molar-refractivity contribution in [2.45, 2.75) is 26.3 Å². The number of rotatable bonds is 6. The Morgan fingerprint density at radius 3 is 2.57 bits per heavy atom. The molecule has 1 fully saturated rings.